The van der Waals surface area contributed by atoms with Gasteiger partial charge in [-0.2, -0.15) is 4.52 Å². The topological polar surface area (TPSA) is 81.4 Å². The highest BCUT2D eigenvalue weighted by Crippen LogP contribution is 2.23. The van der Waals surface area contributed by atoms with Crippen LogP contribution in [0.25, 0.3) is 4.96 Å². The van der Waals surface area contributed by atoms with Crippen molar-refractivity contribution in [3.63, 3.8) is 0 Å². The summed E-state index contributed by atoms with van der Waals surface area (Å²) in [6.45, 7) is 4.18. The SMILES string of the molecule is CCOc1ccc(Nc2nn3c(=O)c(C)nnc3s2)cc1. The number of anilines is 2. The van der Waals surface area contributed by atoms with Crippen molar-refractivity contribution in [1.29, 1.82) is 0 Å². The van der Waals surface area contributed by atoms with E-state index in [-0.39, 0.29) is 5.56 Å². The molecule has 0 amide bonds. The molecule has 8 heteroatoms. The zero-order valence-electron chi connectivity index (χ0n) is 11.5. The summed E-state index contributed by atoms with van der Waals surface area (Å²) >= 11 is 1.27. The van der Waals surface area contributed by atoms with E-state index in [2.05, 4.69) is 20.6 Å². The van der Waals surface area contributed by atoms with Gasteiger partial charge in [0.15, 0.2) is 0 Å². The fourth-order valence-corrected chi connectivity index (χ4v) is 2.52. The number of hydrogen-bond donors (Lipinski definition) is 1. The smallest absolute Gasteiger partial charge is 0.296 e. The summed E-state index contributed by atoms with van der Waals surface area (Å²) in [5.41, 5.74) is 0.927. The fourth-order valence-electron chi connectivity index (χ4n) is 1.77. The second-order valence-electron chi connectivity index (χ2n) is 4.27. The van der Waals surface area contributed by atoms with E-state index in [9.17, 15) is 4.79 Å². The van der Waals surface area contributed by atoms with E-state index in [1.165, 1.54) is 15.9 Å². The molecule has 2 heterocycles. The molecule has 7 nitrogen and oxygen atoms in total. The van der Waals surface area contributed by atoms with E-state index in [1.54, 1.807) is 6.92 Å². The first-order valence-corrected chi connectivity index (χ1v) is 7.22. The van der Waals surface area contributed by atoms with Crippen LogP contribution < -0.4 is 15.6 Å². The molecule has 0 unspecified atom stereocenters. The molecular weight excluding hydrogens is 290 g/mol. The molecule has 3 rings (SSSR count). The molecule has 0 saturated heterocycles. The lowest BCUT2D eigenvalue weighted by molar-refractivity contribution is 0.340. The van der Waals surface area contributed by atoms with Crippen LogP contribution in [-0.2, 0) is 0 Å². The largest absolute Gasteiger partial charge is 0.494 e. The van der Waals surface area contributed by atoms with Gasteiger partial charge in [-0.05, 0) is 38.1 Å². The van der Waals surface area contributed by atoms with Crippen molar-refractivity contribution in [2.75, 3.05) is 11.9 Å². The molecular formula is C13H13N5O2S. The highest BCUT2D eigenvalue weighted by molar-refractivity contribution is 7.20. The van der Waals surface area contributed by atoms with Crippen molar-refractivity contribution < 1.29 is 4.74 Å². The lowest BCUT2D eigenvalue weighted by atomic mass is 10.3. The minimum absolute atomic E-state index is 0.254. The number of aryl methyl sites for hydroxylation is 1. The molecule has 0 saturated carbocycles. The molecule has 0 aliphatic rings. The Morgan fingerprint density at radius 2 is 2.05 bits per heavy atom. The molecule has 1 aromatic carbocycles. The van der Waals surface area contributed by atoms with Gasteiger partial charge in [0.05, 0.1) is 6.61 Å². The summed E-state index contributed by atoms with van der Waals surface area (Å²) in [6.07, 6.45) is 0. The minimum atomic E-state index is -0.254. The van der Waals surface area contributed by atoms with Crippen LogP contribution in [0, 0.1) is 6.92 Å². The van der Waals surface area contributed by atoms with Gasteiger partial charge in [0, 0.05) is 5.69 Å². The molecule has 21 heavy (non-hydrogen) atoms. The molecule has 1 N–H and O–H groups in total. The summed E-state index contributed by atoms with van der Waals surface area (Å²) < 4.78 is 6.64. The van der Waals surface area contributed by atoms with Crippen LogP contribution in [0.1, 0.15) is 12.6 Å². The Labute approximate surface area is 124 Å². The van der Waals surface area contributed by atoms with Gasteiger partial charge in [-0.3, -0.25) is 4.79 Å². The summed E-state index contributed by atoms with van der Waals surface area (Å²) in [6, 6.07) is 7.51. The molecule has 3 aromatic rings. The number of hydrogen-bond acceptors (Lipinski definition) is 7. The van der Waals surface area contributed by atoms with Gasteiger partial charge in [-0.15, -0.1) is 15.3 Å². The molecule has 108 valence electrons. The summed E-state index contributed by atoms with van der Waals surface area (Å²) in [5, 5.41) is 15.7. The molecule has 0 fully saturated rings. The second-order valence-corrected chi connectivity index (χ2v) is 5.23. The first-order valence-electron chi connectivity index (χ1n) is 6.40. The maximum Gasteiger partial charge on any atom is 0.296 e. The van der Waals surface area contributed by atoms with Crippen molar-refractivity contribution in [2.45, 2.75) is 13.8 Å². The van der Waals surface area contributed by atoms with Gasteiger partial charge in [-0.1, -0.05) is 11.3 Å². The Bertz CT molecular complexity index is 825. The Morgan fingerprint density at radius 3 is 2.76 bits per heavy atom. The summed E-state index contributed by atoms with van der Waals surface area (Å²) in [7, 11) is 0. The van der Waals surface area contributed by atoms with Crippen LogP contribution in [0.3, 0.4) is 0 Å². The first-order chi connectivity index (χ1) is 10.2. The van der Waals surface area contributed by atoms with E-state index in [4.69, 9.17) is 4.74 Å². The van der Waals surface area contributed by atoms with Gasteiger partial charge in [0.25, 0.3) is 5.56 Å². The minimum Gasteiger partial charge on any atom is -0.494 e. The quantitative estimate of drug-likeness (QED) is 0.794. The zero-order chi connectivity index (χ0) is 14.8. The van der Waals surface area contributed by atoms with E-state index in [1.807, 2.05) is 31.2 Å². The number of aromatic nitrogens is 4. The van der Waals surface area contributed by atoms with Crippen LogP contribution >= 0.6 is 11.3 Å². The van der Waals surface area contributed by atoms with E-state index < -0.39 is 0 Å². The first kappa shape index (κ1) is 13.5. The molecule has 0 spiro atoms. The van der Waals surface area contributed by atoms with Crippen molar-refractivity contribution in [3.05, 3.63) is 40.3 Å². The molecule has 2 aromatic heterocycles. The van der Waals surface area contributed by atoms with Gasteiger partial charge in [0.1, 0.15) is 11.4 Å². The van der Waals surface area contributed by atoms with Gasteiger partial charge < -0.3 is 10.1 Å². The summed E-state index contributed by atoms with van der Waals surface area (Å²) in [5.74, 6) is 0.810. The highest BCUT2D eigenvalue weighted by Gasteiger charge is 2.09. The molecule has 0 radical (unpaired) electrons. The van der Waals surface area contributed by atoms with E-state index in [0.717, 1.165) is 11.4 Å². The Morgan fingerprint density at radius 1 is 1.29 bits per heavy atom. The number of rotatable bonds is 4. The number of nitrogens with zero attached hydrogens (tertiary/aromatic N) is 4. The average molecular weight is 303 g/mol. The maximum atomic E-state index is 11.9. The third-order valence-corrected chi connectivity index (χ3v) is 3.58. The van der Waals surface area contributed by atoms with Gasteiger partial charge >= 0.3 is 0 Å². The van der Waals surface area contributed by atoms with Crippen molar-refractivity contribution in [2.24, 2.45) is 0 Å². The third kappa shape index (κ3) is 2.70. The Kier molecular flexibility index (Phi) is 3.53. The summed E-state index contributed by atoms with van der Waals surface area (Å²) in [4.78, 5) is 12.3. The number of nitrogens with one attached hydrogen (secondary N) is 1. The van der Waals surface area contributed by atoms with Crippen molar-refractivity contribution >= 4 is 27.1 Å². The molecule has 0 atom stereocenters. The Hall–Kier alpha value is -2.48. The number of benzene rings is 1. The van der Waals surface area contributed by atoms with Crippen LogP contribution in [0.2, 0.25) is 0 Å². The molecule has 0 aliphatic carbocycles. The fraction of sp³-hybridized carbons (Fsp3) is 0.231. The van der Waals surface area contributed by atoms with Gasteiger partial charge in [0.2, 0.25) is 10.1 Å². The monoisotopic (exact) mass is 303 g/mol. The van der Waals surface area contributed by atoms with Crippen LogP contribution in [0.15, 0.2) is 29.1 Å². The normalized spacial score (nSPS) is 10.8. The zero-order valence-corrected chi connectivity index (χ0v) is 12.3. The van der Waals surface area contributed by atoms with Gasteiger partial charge in [-0.25, -0.2) is 0 Å². The number of ether oxygens (including phenoxy) is 1. The van der Waals surface area contributed by atoms with Crippen LogP contribution in [0.4, 0.5) is 10.8 Å². The second kappa shape index (κ2) is 5.49. The Balaban J connectivity index is 1.87. The predicted octanol–water partition coefficient (Wildman–Crippen LogP) is 2.00. The standard InChI is InChI=1S/C13H13N5O2S/c1-3-20-10-6-4-9(5-7-10)14-12-17-18-11(19)8(2)15-16-13(18)21-12/h4-7H,3H2,1-2H3,(H,14,17). The molecule has 0 aliphatic heterocycles. The highest BCUT2D eigenvalue weighted by atomic mass is 32.1. The lowest BCUT2D eigenvalue weighted by Gasteiger charge is -2.04. The van der Waals surface area contributed by atoms with Crippen LogP contribution in [0.5, 0.6) is 5.75 Å². The number of fused-ring (bicyclic) bond motifs is 1. The van der Waals surface area contributed by atoms with E-state index >= 15 is 0 Å². The third-order valence-electron chi connectivity index (χ3n) is 2.76. The predicted molar refractivity (Wildman–Crippen MR) is 80.6 cm³/mol. The van der Waals surface area contributed by atoms with Crippen molar-refractivity contribution in [1.82, 2.24) is 19.8 Å². The molecule has 0 bridgehead atoms. The van der Waals surface area contributed by atoms with Crippen LogP contribution in [-0.4, -0.2) is 26.4 Å². The van der Waals surface area contributed by atoms with E-state index in [0.29, 0.717) is 22.4 Å². The maximum absolute atomic E-state index is 11.9. The lowest BCUT2D eigenvalue weighted by Crippen LogP contribution is -2.19. The van der Waals surface area contributed by atoms with Crippen molar-refractivity contribution in [3.8, 4) is 5.75 Å². The average Bonchev–Trinajstić information content (AvgIpc) is 2.89.